The van der Waals surface area contributed by atoms with Crippen LogP contribution in [0.15, 0.2) is 10.2 Å². The number of nitrogens with one attached hydrogen (secondary N) is 2. The molecule has 2 aliphatic heterocycles. The Bertz CT molecular complexity index is 520. The van der Waals surface area contributed by atoms with Crippen LogP contribution in [-0.2, 0) is 9.59 Å². The van der Waals surface area contributed by atoms with Crippen LogP contribution >= 0.6 is 0 Å². The number of rotatable bonds is 0. The molecule has 0 aromatic carbocycles. The second-order valence-corrected chi connectivity index (χ2v) is 7.88. The average molecular weight is 361 g/mol. The maximum absolute atomic E-state index is 12.0. The summed E-state index contributed by atoms with van der Waals surface area (Å²) in [4.78, 5) is 24.0. The highest BCUT2D eigenvalue weighted by Gasteiger charge is 2.29. The number of carbonyl (C=O) groups is 2. The van der Waals surface area contributed by atoms with E-state index in [0.29, 0.717) is 0 Å². The maximum Gasteiger partial charge on any atom is 0.248 e. The molecule has 2 heterocycles. The summed E-state index contributed by atoms with van der Waals surface area (Å²) >= 11 is 0. The maximum atomic E-state index is 12.0. The van der Waals surface area contributed by atoms with Gasteiger partial charge in [-0.05, 0) is 38.5 Å². The highest BCUT2D eigenvalue weighted by atomic mass is 16.2. The van der Waals surface area contributed by atoms with Crippen molar-refractivity contribution in [1.82, 2.24) is 10.9 Å². The van der Waals surface area contributed by atoms with Crippen molar-refractivity contribution in [3.05, 3.63) is 0 Å². The Labute approximate surface area is 156 Å². The predicted octanol–water partition coefficient (Wildman–Crippen LogP) is 3.67. The third-order valence-corrected chi connectivity index (χ3v) is 5.91. The minimum atomic E-state index is 0.0135. The molecule has 6 heteroatoms. The van der Waals surface area contributed by atoms with Gasteiger partial charge >= 0.3 is 0 Å². The van der Waals surface area contributed by atoms with Crippen molar-refractivity contribution < 1.29 is 9.59 Å². The van der Waals surface area contributed by atoms with E-state index in [4.69, 9.17) is 0 Å². The smallest absolute Gasteiger partial charge is 0.248 e. The van der Waals surface area contributed by atoms with Crippen molar-refractivity contribution in [3.8, 4) is 0 Å². The lowest BCUT2D eigenvalue weighted by molar-refractivity contribution is -0.123. The third kappa shape index (κ3) is 5.15. The van der Waals surface area contributed by atoms with E-state index in [1.54, 1.807) is 0 Å². The van der Waals surface area contributed by atoms with Crippen LogP contribution in [0.4, 0.5) is 0 Å². The van der Waals surface area contributed by atoms with Crippen LogP contribution in [0.5, 0.6) is 0 Å². The molecule has 2 atom stereocenters. The molecular weight excluding hydrogens is 328 g/mol. The van der Waals surface area contributed by atoms with Gasteiger partial charge in [0.25, 0.3) is 0 Å². The minimum Gasteiger partial charge on any atom is -0.272 e. The van der Waals surface area contributed by atoms with Crippen molar-refractivity contribution in [2.24, 2.45) is 22.0 Å². The van der Waals surface area contributed by atoms with Gasteiger partial charge in [0.2, 0.25) is 11.8 Å². The number of hydrogen-bond donors (Lipinski definition) is 2. The topological polar surface area (TPSA) is 82.9 Å². The summed E-state index contributed by atoms with van der Waals surface area (Å²) in [6.45, 7) is 0. The molecule has 0 unspecified atom stereocenters. The number of nitrogens with zero attached hydrogens (tertiary/aromatic N) is 2. The first-order valence-corrected chi connectivity index (χ1v) is 10.5. The zero-order valence-electron chi connectivity index (χ0n) is 15.8. The first kappa shape index (κ1) is 19.1. The molecule has 2 N–H and O–H groups in total. The Morgan fingerprint density at radius 3 is 1.42 bits per heavy atom. The van der Waals surface area contributed by atoms with Gasteiger partial charge in [-0.1, -0.05) is 51.4 Å². The van der Waals surface area contributed by atoms with E-state index in [1.807, 2.05) is 0 Å². The van der Waals surface area contributed by atoms with E-state index in [-0.39, 0.29) is 23.7 Å². The Kier molecular flexibility index (Phi) is 7.21. The SMILES string of the molecule is O=C1NN=C2CCCCCCC[C@H]3C(=O)NN=C3CCCCCCC[C@@H]12. The minimum absolute atomic E-state index is 0.0135. The van der Waals surface area contributed by atoms with E-state index in [0.717, 1.165) is 88.5 Å². The quantitative estimate of drug-likeness (QED) is 0.691. The summed E-state index contributed by atoms with van der Waals surface area (Å²) in [5.74, 6) is 0.216. The van der Waals surface area contributed by atoms with Crippen molar-refractivity contribution >= 4 is 23.2 Å². The lowest BCUT2D eigenvalue weighted by atomic mass is 9.90. The lowest BCUT2D eigenvalue weighted by Crippen LogP contribution is -2.23. The van der Waals surface area contributed by atoms with Gasteiger partial charge in [0.1, 0.15) is 0 Å². The van der Waals surface area contributed by atoms with E-state index in [9.17, 15) is 9.59 Å². The lowest BCUT2D eigenvalue weighted by Gasteiger charge is -2.12. The molecule has 6 nitrogen and oxygen atoms in total. The number of amides is 2. The third-order valence-electron chi connectivity index (χ3n) is 5.91. The van der Waals surface area contributed by atoms with Gasteiger partial charge < -0.3 is 0 Å². The van der Waals surface area contributed by atoms with E-state index >= 15 is 0 Å². The number of carbonyl (C=O) groups excluding carboxylic acids is 2. The van der Waals surface area contributed by atoms with Gasteiger partial charge in [-0.3, -0.25) is 9.59 Å². The normalized spacial score (nSPS) is 29.4. The van der Waals surface area contributed by atoms with Crippen LogP contribution in [0.2, 0.25) is 0 Å². The van der Waals surface area contributed by atoms with Crippen molar-refractivity contribution in [2.45, 2.75) is 89.9 Å². The highest BCUT2D eigenvalue weighted by Crippen LogP contribution is 2.23. The zero-order valence-corrected chi connectivity index (χ0v) is 15.8. The molecule has 0 bridgehead atoms. The summed E-state index contributed by atoms with van der Waals surface area (Å²) in [7, 11) is 0. The van der Waals surface area contributed by atoms with Crippen molar-refractivity contribution in [2.75, 3.05) is 0 Å². The molecule has 0 aromatic rings. The zero-order chi connectivity index (χ0) is 18.2. The first-order chi connectivity index (χ1) is 12.8. The summed E-state index contributed by atoms with van der Waals surface area (Å²) in [5, 5.41) is 8.55. The van der Waals surface area contributed by atoms with Crippen molar-refractivity contribution in [3.63, 3.8) is 0 Å². The molecule has 0 spiro atoms. The van der Waals surface area contributed by atoms with Gasteiger partial charge in [-0.15, -0.1) is 0 Å². The molecule has 144 valence electrons. The molecular formula is C20H32N4O2. The number of fused-ring (bicyclic) bond motifs is 2. The first-order valence-electron chi connectivity index (χ1n) is 10.5. The van der Waals surface area contributed by atoms with Gasteiger partial charge in [0, 0.05) is 0 Å². The standard InChI is InChI=1S/C20H32N4O2/c25-19-15-11-7-3-1-5-9-13-17-16(20(26)24-21-17)12-8-4-2-6-10-14-18(15)22-23-19/h15-16H,1-14H2,(H,23,25)(H,24,26)/t15-,16-/m1/s1. The van der Waals surface area contributed by atoms with E-state index in [1.165, 1.54) is 12.8 Å². The van der Waals surface area contributed by atoms with Gasteiger partial charge in [-0.2, -0.15) is 10.2 Å². The van der Waals surface area contributed by atoms with Crippen LogP contribution in [0, 0.1) is 11.8 Å². The Hall–Kier alpha value is -1.72. The van der Waals surface area contributed by atoms with Crippen LogP contribution in [0.25, 0.3) is 0 Å². The summed E-state index contributed by atoms with van der Waals surface area (Å²) in [6.07, 6.45) is 15.1. The summed E-state index contributed by atoms with van der Waals surface area (Å²) < 4.78 is 0. The fourth-order valence-corrected chi connectivity index (χ4v) is 4.29. The Morgan fingerprint density at radius 1 is 0.577 bits per heavy atom. The molecule has 1 fully saturated rings. The van der Waals surface area contributed by atoms with E-state index < -0.39 is 0 Å². The van der Waals surface area contributed by atoms with Gasteiger partial charge in [-0.25, -0.2) is 10.9 Å². The summed E-state index contributed by atoms with van der Waals surface area (Å²) in [5.41, 5.74) is 7.49. The largest absolute Gasteiger partial charge is 0.272 e. The Morgan fingerprint density at radius 2 is 0.962 bits per heavy atom. The Balaban J connectivity index is 1.50. The van der Waals surface area contributed by atoms with Gasteiger partial charge in [0.05, 0.1) is 23.3 Å². The van der Waals surface area contributed by atoms with Crippen LogP contribution in [-0.4, -0.2) is 23.2 Å². The molecule has 3 aliphatic rings. The van der Waals surface area contributed by atoms with Crippen molar-refractivity contribution in [1.29, 1.82) is 0 Å². The fraction of sp³-hybridized carbons (Fsp3) is 0.800. The molecule has 26 heavy (non-hydrogen) atoms. The monoisotopic (exact) mass is 360 g/mol. The average Bonchev–Trinajstić information content (AvgIpc) is 3.16. The molecule has 1 saturated carbocycles. The molecule has 3 rings (SSSR count). The van der Waals surface area contributed by atoms with Gasteiger partial charge in [0.15, 0.2) is 0 Å². The fourth-order valence-electron chi connectivity index (χ4n) is 4.29. The van der Waals surface area contributed by atoms with Crippen LogP contribution in [0.3, 0.4) is 0 Å². The molecule has 1 aliphatic carbocycles. The molecule has 0 aromatic heterocycles. The number of hydrogen-bond acceptors (Lipinski definition) is 4. The predicted molar refractivity (Wildman–Crippen MR) is 103 cm³/mol. The molecule has 2 amide bonds. The number of hydrazone groups is 2. The highest BCUT2D eigenvalue weighted by molar-refractivity contribution is 6.08. The summed E-state index contributed by atoms with van der Waals surface area (Å²) in [6, 6.07) is 0. The van der Waals surface area contributed by atoms with Crippen LogP contribution < -0.4 is 10.9 Å². The van der Waals surface area contributed by atoms with E-state index in [2.05, 4.69) is 21.1 Å². The van der Waals surface area contributed by atoms with Crippen LogP contribution in [0.1, 0.15) is 89.9 Å². The second kappa shape index (κ2) is 9.83. The molecule has 0 saturated heterocycles. The second-order valence-electron chi connectivity index (χ2n) is 7.88. The molecule has 0 radical (unpaired) electrons.